The summed E-state index contributed by atoms with van der Waals surface area (Å²) in [4.78, 5) is 12.9. The highest BCUT2D eigenvalue weighted by Crippen LogP contribution is 2.27. The fourth-order valence-corrected chi connectivity index (χ4v) is 2.39. The van der Waals surface area contributed by atoms with Gasteiger partial charge in [-0.2, -0.15) is 0 Å². The molecule has 0 radical (unpaired) electrons. The molecular weight excluding hydrogens is 318 g/mol. The zero-order valence-corrected chi connectivity index (χ0v) is 14.1. The van der Waals surface area contributed by atoms with Gasteiger partial charge in [-0.3, -0.25) is 0 Å². The predicted molar refractivity (Wildman–Crippen MR) is 94.7 cm³/mol. The van der Waals surface area contributed by atoms with Gasteiger partial charge in [0.15, 0.2) is 0 Å². The zero-order chi connectivity index (χ0) is 18.0. The van der Waals surface area contributed by atoms with E-state index in [4.69, 9.17) is 4.74 Å². The van der Waals surface area contributed by atoms with E-state index in [2.05, 4.69) is 16.8 Å². The molecule has 0 aliphatic carbocycles. The first-order valence-electron chi connectivity index (χ1n) is 7.93. The van der Waals surface area contributed by atoms with Crippen LogP contribution in [0.3, 0.4) is 0 Å². The molecule has 0 bridgehead atoms. The van der Waals surface area contributed by atoms with E-state index in [1.165, 1.54) is 4.80 Å². The van der Waals surface area contributed by atoms with Crippen LogP contribution in [0.1, 0.15) is 25.3 Å². The lowest BCUT2D eigenvalue weighted by atomic mass is 10.0. The molecule has 2 aromatic carbocycles. The van der Waals surface area contributed by atoms with Crippen LogP contribution in [0.5, 0.6) is 5.75 Å². The SMILES string of the molecule is C=C(C)C(=O)OCC(C)c1ccc(O)c(-n2nc3ccccc3n2)c1. The molecule has 0 aliphatic heterocycles. The maximum atomic E-state index is 11.5. The van der Waals surface area contributed by atoms with E-state index in [0.29, 0.717) is 11.3 Å². The lowest BCUT2D eigenvalue weighted by molar-refractivity contribution is -0.139. The van der Waals surface area contributed by atoms with Crippen LogP contribution in [0.2, 0.25) is 0 Å². The minimum absolute atomic E-state index is 0.0485. The number of esters is 1. The number of hydrogen-bond acceptors (Lipinski definition) is 5. The Kier molecular flexibility index (Phi) is 4.52. The minimum atomic E-state index is -0.411. The van der Waals surface area contributed by atoms with Crippen molar-refractivity contribution < 1.29 is 14.6 Å². The Hall–Kier alpha value is -3.15. The van der Waals surface area contributed by atoms with Crippen LogP contribution in [0.25, 0.3) is 16.7 Å². The summed E-state index contributed by atoms with van der Waals surface area (Å²) in [6.07, 6.45) is 0. The van der Waals surface area contributed by atoms with E-state index in [0.717, 1.165) is 16.6 Å². The number of aromatic hydroxyl groups is 1. The fourth-order valence-electron chi connectivity index (χ4n) is 2.39. The summed E-state index contributed by atoms with van der Waals surface area (Å²) in [5, 5.41) is 19.0. The molecule has 1 atom stereocenters. The van der Waals surface area contributed by atoms with E-state index in [1.54, 1.807) is 25.1 Å². The van der Waals surface area contributed by atoms with E-state index in [9.17, 15) is 9.90 Å². The average Bonchev–Trinajstić information content (AvgIpc) is 3.03. The van der Waals surface area contributed by atoms with Gasteiger partial charge in [-0.1, -0.05) is 31.7 Å². The summed E-state index contributed by atoms with van der Waals surface area (Å²) in [6.45, 7) is 7.34. The van der Waals surface area contributed by atoms with Crippen molar-refractivity contribution in [3.63, 3.8) is 0 Å². The number of hydrogen-bond donors (Lipinski definition) is 1. The molecule has 0 spiro atoms. The molecular formula is C19H19N3O3. The monoisotopic (exact) mass is 337 g/mol. The van der Waals surface area contributed by atoms with E-state index in [1.807, 2.05) is 31.2 Å². The molecule has 6 heteroatoms. The normalized spacial score (nSPS) is 12.1. The molecule has 3 rings (SSSR count). The topological polar surface area (TPSA) is 77.2 Å². The molecule has 0 amide bonds. The number of carbonyl (C=O) groups is 1. The predicted octanol–water partition coefficient (Wildman–Crippen LogP) is 3.35. The van der Waals surface area contributed by atoms with Gasteiger partial charge in [0.2, 0.25) is 0 Å². The Balaban J connectivity index is 1.87. The maximum absolute atomic E-state index is 11.5. The van der Waals surface area contributed by atoms with Gasteiger partial charge in [-0.25, -0.2) is 4.79 Å². The summed E-state index contributed by atoms with van der Waals surface area (Å²) in [5.74, 6) is -0.381. The molecule has 25 heavy (non-hydrogen) atoms. The lowest BCUT2D eigenvalue weighted by Crippen LogP contribution is -2.11. The van der Waals surface area contributed by atoms with Gasteiger partial charge in [0.25, 0.3) is 0 Å². The highest BCUT2D eigenvalue weighted by molar-refractivity contribution is 5.86. The summed E-state index contributed by atoms with van der Waals surface area (Å²) in [6, 6.07) is 12.7. The average molecular weight is 337 g/mol. The van der Waals surface area contributed by atoms with Gasteiger partial charge in [-0.15, -0.1) is 15.0 Å². The first-order chi connectivity index (χ1) is 12.0. The Labute approximate surface area is 145 Å². The zero-order valence-electron chi connectivity index (χ0n) is 14.1. The van der Waals surface area contributed by atoms with Gasteiger partial charge in [0, 0.05) is 11.5 Å². The second-order valence-corrected chi connectivity index (χ2v) is 6.01. The lowest BCUT2D eigenvalue weighted by Gasteiger charge is -2.14. The smallest absolute Gasteiger partial charge is 0.333 e. The Bertz CT molecular complexity index is 913. The fraction of sp³-hybridized carbons (Fsp3) is 0.211. The third-order valence-electron chi connectivity index (χ3n) is 3.88. The first-order valence-corrected chi connectivity index (χ1v) is 7.93. The second kappa shape index (κ2) is 6.76. The number of fused-ring (bicyclic) bond motifs is 1. The van der Waals surface area contributed by atoms with Gasteiger partial charge < -0.3 is 9.84 Å². The van der Waals surface area contributed by atoms with Crippen LogP contribution < -0.4 is 0 Å². The van der Waals surface area contributed by atoms with Gasteiger partial charge in [-0.05, 0) is 36.8 Å². The Morgan fingerprint density at radius 1 is 1.24 bits per heavy atom. The van der Waals surface area contributed by atoms with Crippen LogP contribution >= 0.6 is 0 Å². The number of ether oxygens (including phenoxy) is 1. The molecule has 128 valence electrons. The number of carbonyl (C=O) groups excluding carboxylic acids is 1. The van der Waals surface area contributed by atoms with Crippen LogP contribution in [0, 0.1) is 0 Å². The van der Waals surface area contributed by atoms with Crippen molar-refractivity contribution in [3.05, 3.63) is 60.2 Å². The Morgan fingerprint density at radius 2 is 1.88 bits per heavy atom. The summed E-state index contributed by atoms with van der Waals surface area (Å²) in [5.41, 5.74) is 3.24. The third kappa shape index (κ3) is 3.52. The summed E-state index contributed by atoms with van der Waals surface area (Å²) in [7, 11) is 0. The third-order valence-corrected chi connectivity index (χ3v) is 3.88. The quantitative estimate of drug-likeness (QED) is 0.571. The van der Waals surface area contributed by atoms with Crippen molar-refractivity contribution in [2.75, 3.05) is 6.61 Å². The van der Waals surface area contributed by atoms with E-state index >= 15 is 0 Å². The Morgan fingerprint density at radius 3 is 2.48 bits per heavy atom. The van der Waals surface area contributed by atoms with E-state index in [-0.39, 0.29) is 18.3 Å². The van der Waals surface area contributed by atoms with Crippen molar-refractivity contribution in [2.24, 2.45) is 0 Å². The van der Waals surface area contributed by atoms with Crippen LogP contribution in [-0.2, 0) is 9.53 Å². The molecule has 1 unspecified atom stereocenters. The van der Waals surface area contributed by atoms with E-state index < -0.39 is 5.97 Å². The summed E-state index contributed by atoms with van der Waals surface area (Å²) >= 11 is 0. The van der Waals surface area contributed by atoms with Crippen molar-refractivity contribution in [1.82, 2.24) is 15.0 Å². The molecule has 1 aromatic heterocycles. The van der Waals surface area contributed by atoms with Crippen molar-refractivity contribution in [3.8, 4) is 11.4 Å². The molecule has 0 aliphatic rings. The largest absolute Gasteiger partial charge is 0.506 e. The molecule has 0 saturated heterocycles. The molecule has 0 fully saturated rings. The second-order valence-electron chi connectivity index (χ2n) is 6.01. The number of rotatable bonds is 5. The number of aromatic nitrogens is 3. The number of nitrogens with zero attached hydrogens (tertiary/aromatic N) is 3. The molecule has 1 N–H and O–H groups in total. The molecule has 1 heterocycles. The molecule has 6 nitrogen and oxygen atoms in total. The van der Waals surface area contributed by atoms with Gasteiger partial charge in [0.05, 0.1) is 6.61 Å². The molecule has 0 saturated carbocycles. The molecule has 3 aromatic rings. The van der Waals surface area contributed by atoms with Gasteiger partial charge >= 0.3 is 5.97 Å². The highest BCUT2D eigenvalue weighted by Gasteiger charge is 2.14. The van der Waals surface area contributed by atoms with Crippen molar-refractivity contribution in [1.29, 1.82) is 0 Å². The van der Waals surface area contributed by atoms with Crippen LogP contribution in [0.4, 0.5) is 0 Å². The maximum Gasteiger partial charge on any atom is 0.333 e. The first kappa shape index (κ1) is 16.7. The van der Waals surface area contributed by atoms with Crippen molar-refractivity contribution in [2.45, 2.75) is 19.8 Å². The van der Waals surface area contributed by atoms with Crippen LogP contribution in [0.15, 0.2) is 54.6 Å². The summed E-state index contributed by atoms with van der Waals surface area (Å²) < 4.78 is 5.20. The van der Waals surface area contributed by atoms with Crippen LogP contribution in [-0.4, -0.2) is 32.7 Å². The number of benzene rings is 2. The number of phenolic OH excluding ortho intramolecular Hbond substituents is 1. The highest BCUT2D eigenvalue weighted by atomic mass is 16.5. The standard InChI is InChI=1S/C19H19N3O3/c1-12(2)19(24)25-11-13(3)14-8-9-18(23)17(10-14)22-20-15-6-4-5-7-16(15)21-22/h4-10,13,23H,1,11H2,2-3H3. The van der Waals surface area contributed by atoms with Crippen molar-refractivity contribution >= 4 is 17.0 Å². The number of phenols is 1. The van der Waals surface area contributed by atoms with Gasteiger partial charge in [0.1, 0.15) is 22.5 Å². The minimum Gasteiger partial charge on any atom is -0.506 e.